The van der Waals surface area contributed by atoms with E-state index in [2.05, 4.69) is 35.6 Å². The van der Waals surface area contributed by atoms with Crippen LogP contribution in [0.3, 0.4) is 0 Å². The van der Waals surface area contributed by atoms with Crippen LogP contribution < -0.4 is 0 Å². The van der Waals surface area contributed by atoms with E-state index in [9.17, 15) is 9.18 Å². The molecule has 1 aromatic rings. The standard InChI is InChI=1S/C13H22BrFN2O3Si/c1-16(19-2)13(18)12-11(15)10(14)8-17(12)9-20-6-7-21(3,4)5/h8H,6-7,9H2,1-5H3. The van der Waals surface area contributed by atoms with Crippen LogP contribution in [0.1, 0.15) is 10.5 Å². The third-order valence-electron chi connectivity index (χ3n) is 2.96. The molecule has 0 unspecified atom stereocenters. The van der Waals surface area contributed by atoms with E-state index in [0.29, 0.717) is 6.61 Å². The number of hydroxylamine groups is 2. The van der Waals surface area contributed by atoms with E-state index in [4.69, 9.17) is 9.57 Å². The van der Waals surface area contributed by atoms with E-state index in [1.165, 1.54) is 24.9 Å². The molecule has 21 heavy (non-hydrogen) atoms. The van der Waals surface area contributed by atoms with Crippen molar-refractivity contribution in [2.45, 2.75) is 32.4 Å². The highest BCUT2D eigenvalue weighted by atomic mass is 79.9. The van der Waals surface area contributed by atoms with Crippen molar-refractivity contribution in [1.29, 1.82) is 0 Å². The molecular weight excluding hydrogens is 359 g/mol. The molecule has 120 valence electrons. The molecule has 0 saturated carbocycles. The number of carbonyl (C=O) groups excluding carboxylic acids is 1. The highest BCUT2D eigenvalue weighted by molar-refractivity contribution is 9.10. The molecule has 0 saturated heterocycles. The fourth-order valence-corrected chi connectivity index (χ4v) is 2.78. The summed E-state index contributed by atoms with van der Waals surface area (Å²) in [7, 11) is 1.61. The molecule has 8 heteroatoms. The fraction of sp³-hybridized carbons (Fsp3) is 0.615. The topological polar surface area (TPSA) is 43.7 Å². The van der Waals surface area contributed by atoms with Crippen LogP contribution in [-0.2, 0) is 16.3 Å². The summed E-state index contributed by atoms with van der Waals surface area (Å²) < 4.78 is 21.3. The number of carbonyl (C=O) groups is 1. The molecule has 0 aliphatic heterocycles. The molecule has 1 heterocycles. The van der Waals surface area contributed by atoms with Crippen LogP contribution in [0.25, 0.3) is 0 Å². The summed E-state index contributed by atoms with van der Waals surface area (Å²) in [6, 6.07) is 1.01. The first-order chi connectivity index (χ1) is 9.67. The number of aromatic nitrogens is 1. The lowest BCUT2D eigenvalue weighted by atomic mass is 10.4. The predicted molar refractivity (Wildman–Crippen MR) is 85.3 cm³/mol. The Hall–Kier alpha value is -0.703. The van der Waals surface area contributed by atoms with Gasteiger partial charge >= 0.3 is 0 Å². The summed E-state index contributed by atoms with van der Waals surface area (Å²) in [5.74, 6) is -1.17. The normalized spacial score (nSPS) is 11.8. The average molecular weight is 381 g/mol. The highest BCUT2D eigenvalue weighted by Gasteiger charge is 2.24. The van der Waals surface area contributed by atoms with E-state index in [0.717, 1.165) is 11.1 Å². The first-order valence-corrected chi connectivity index (χ1v) is 11.1. The second kappa shape index (κ2) is 7.53. The molecule has 0 aromatic carbocycles. The summed E-state index contributed by atoms with van der Waals surface area (Å²) in [6.45, 7) is 7.49. The maximum Gasteiger partial charge on any atom is 0.296 e. The third kappa shape index (κ3) is 5.21. The summed E-state index contributed by atoms with van der Waals surface area (Å²) in [4.78, 5) is 16.9. The lowest BCUT2D eigenvalue weighted by molar-refractivity contribution is -0.0769. The Morgan fingerprint density at radius 1 is 1.48 bits per heavy atom. The molecule has 0 N–H and O–H groups in total. The first-order valence-electron chi connectivity index (χ1n) is 6.61. The highest BCUT2D eigenvalue weighted by Crippen LogP contribution is 2.23. The van der Waals surface area contributed by atoms with Gasteiger partial charge in [-0.2, -0.15) is 0 Å². The van der Waals surface area contributed by atoms with Gasteiger partial charge in [0.1, 0.15) is 12.4 Å². The SMILES string of the molecule is CON(C)C(=O)c1c(F)c(Br)cn1COCC[Si](C)(C)C. The van der Waals surface area contributed by atoms with Crippen molar-refractivity contribution < 1.29 is 18.8 Å². The number of hydrogen-bond donors (Lipinski definition) is 0. The van der Waals surface area contributed by atoms with Crippen LogP contribution in [0.4, 0.5) is 4.39 Å². The van der Waals surface area contributed by atoms with Gasteiger partial charge in [0.2, 0.25) is 0 Å². The number of ether oxygens (including phenoxy) is 1. The Morgan fingerprint density at radius 2 is 2.10 bits per heavy atom. The number of hydrogen-bond acceptors (Lipinski definition) is 3. The van der Waals surface area contributed by atoms with Crippen LogP contribution >= 0.6 is 15.9 Å². The van der Waals surface area contributed by atoms with E-state index in [1.807, 2.05) is 0 Å². The van der Waals surface area contributed by atoms with Gasteiger partial charge < -0.3 is 9.30 Å². The van der Waals surface area contributed by atoms with Gasteiger partial charge in [-0.05, 0) is 22.0 Å². The first kappa shape index (κ1) is 18.3. The van der Waals surface area contributed by atoms with Crippen molar-refractivity contribution in [3.05, 3.63) is 22.2 Å². The largest absolute Gasteiger partial charge is 0.361 e. The Bertz CT molecular complexity index is 502. The van der Waals surface area contributed by atoms with Gasteiger partial charge in [-0.15, -0.1) is 0 Å². The maximum atomic E-state index is 14.0. The number of rotatable bonds is 7. The fourth-order valence-electron chi connectivity index (χ4n) is 1.59. The minimum absolute atomic E-state index is 0.0840. The molecule has 1 rings (SSSR count). The van der Waals surface area contributed by atoms with E-state index >= 15 is 0 Å². The van der Waals surface area contributed by atoms with Crippen molar-refractivity contribution in [3.8, 4) is 0 Å². The van der Waals surface area contributed by atoms with Crippen molar-refractivity contribution in [2.24, 2.45) is 0 Å². The molecular formula is C13H22BrFN2O3Si. The monoisotopic (exact) mass is 380 g/mol. The van der Waals surface area contributed by atoms with E-state index in [-0.39, 0.29) is 16.9 Å². The van der Waals surface area contributed by atoms with Crippen molar-refractivity contribution in [3.63, 3.8) is 0 Å². The summed E-state index contributed by atoms with van der Waals surface area (Å²) in [6.07, 6.45) is 1.50. The Balaban J connectivity index is 2.79. The maximum absolute atomic E-state index is 14.0. The summed E-state index contributed by atoms with van der Waals surface area (Å²) in [5, 5.41) is 0.976. The second-order valence-electron chi connectivity index (χ2n) is 5.94. The lowest BCUT2D eigenvalue weighted by Gasteiger charge is -2.17. The summed E-state index contributed by atoms with van der Waals surface area (Å²) >= 11 is 3.09. The van der Waals surface area contributed by atoms with Gasteiger partial charge in [-0.3, -0.25) is 9.63 Å². The third-order valence-corrected chi connectivity index (χ3v) is 5.22. The molecule has 0 radical (unpaired) electrons. The molecule has 1 aromatic heterocycles. The Morgan fingerprint density at radius 3 is 2.62 bits per heavy atom. The zero-order chi connectivity index (χ0) is 16.2. The average Bonchev–Trinajstić information content (AvgIpc) is 2.67. The number of halogens is 2. The number of amides is 1. The second-order valence-corrected chi connectivity index (χ2v) is 12.4. The summed E-state index contributed by atoms with van der Waals surface area (Å²) in [5.41, 5.74) is -0.0840. The van der Waals surface area contributed by atoms with Gasteiger partial charge in [-0.25, -0.2) is 9.45 Å². The molecule has 0 fully saturated rings. The molecule has 0 atom stereocenters. The van der Waals surface area contributed by atoms with Gasteiger partial charge in [0.25, 0.3) is 5.91 Å². The van der Waals surface area contributed by atoms with Gasteiger partial charge in [0.15, 0.2) is 5.82 Å². The Labute approximate surface area is 134 Å². The van der Waals surface area contributed by atoms with Crippen molar-refractivity contribution in [2.75, 3.05) is 20.8 Å². The zero-order valence-corrected chi connectivity index (χ0v) is 15.7. The molecule has 0 aliphatic carbocycles. The minimum atomic E-state index is -1.17. The Kier molecular flexibility index (Phi) is 6.58. The molecule has 0 aliphatic rings. The van der Waals surface area contributed by atoms with Gasteiger partial charge in [-0.1, -0.05) is 19.6 Å². The number of nitrogens with zero attached hydrogens (tertiary/aromatic N) is 2. The van der Waals surface area contributed by atoms with Crippen LogP contribution in [0.2, 0.25) is 25.7 Å². The van der Waals surface area contributed by atoms with Crippen LogP contribution in [0.15, 0.2) is 10.7 Å². The predicted octanol–water partition coefficient (Wildman–Crippen LogP) is 3.34. The van der Waals surface area contributed by atoms with Gasteiger partial charge in [0, 0.05) is 27.9 Å². The van der Waals surface area contributed by atoms with Crippen molar-refractivity contribution >= 4 is 29.9 Å². The molecule has 1 amide bonds. The molecule has 0 spiro atoms. The quantitative estimate of drug-likeness (QED) is 0.413. The van der Waals surface area contributed by atoms with Crippen molar-refractivity contribution in [1.82, 2.24) is 9.63 Å². The molecule has 5 nitrogen and oxygen atoms in total. The van der Waals surface area contributed by atoms with E-state index < -0.39 is 19.8 Å². The van der Waals surface area contributed by atoms with Crippen LogP contribution in [-0.4, -0.2) is 44.4 Å². The lowest BCUT2D eigenvalue weighted by Crippen LogP contribution is -2.29. The van der Waals surface area contributed by atoms with E-state index in [1.54, 1.807) is 0 Å². The zero-order valence-electron chi connectivity index (χ0n) is 13.1. The minimum Gasteiger partial charge on any atom is -0.361 e. The molecule has 0 bridgehead atoms. The van der Waals surface area contributed by atoms with Crippen LogP contribution in [0, 0.1) is 5.82 Å². The smallest absolute Gasteiger partial charge is 0.296 e. The van der Waals surface area contributed by atoms with Crippen LogP contribution in [0.5, 0.6) is 0 Å². The van der Waals surface area contributed by atoms with Gasteiger partial charge in [0.05, 0.1) is 11.6 Å².